The van der Waals surface area contributed by atoms with Crippen molar-refractivity contribution in [3.8, 4) is 0 Å². The van der Waals surface area contributed by atoms with Crippen LogP contribution in [-0.2, 0) is 13.6 Å². The maximum Gasteiger partial charge on any atom is 0.297 e. The molecule has 3 nitrogen and oxygen atoms in total. The molecule has 4 heteroatoms. The van der Waals surface area contributed by atoms with Crippen LogP contribution >= 0.6 is 0 Å². The first-order valence-electron chi connectivity index (χ1n) is 5.70. The van der Waals surface area contributed by atoms with Gasteiger partial charge in [-0.15, -0.1) is 5.19 Å². The van der Waals surface area contributed by atoms with Crippen molar-refractivity contribution in [3.63, 3.8) is 0 Å². The molecule has 18 heavy (non-hydrogen) atoms. The molecule has 1 aliphatic rings. The van der Waals surface area contributed by atoms with Gasteiger partial charge in [0.2, 0.25) is 0 Å². The third kappa shape index (κ3) is 2.08. The third-order valence-electron chi connectivity index (χ3n) is 2.74. The Morgan fingerprint density at radius 1 is 0.889 bits per heavy atom. The third-order valence-corrected chi connectivity index (χ3v) is 4.39. The molecule has 2 aromatic carbocycles. The van der Waals surface area contributed by atoms with Crippen LogP contribution in [0.3, 0.4) is 0 Å². The molecule has 0 amide bonds. The van der Waals surface area contributed by atoms with E-state index in [-0.39, 0.29) is 5.97 Å². The fourth-order valence-electron chi connectivity index (χ4n) is 1.86. The first-order valence-corrected chi connectivity index (χ1v) is 7.02. The molecule has 0 radical (unpaired) electrons. The molecule has 0 aromatic heterocycles. The SMILES string of the molecule is O=C1O[Si-](c2ccccc2)OC1c1ccccc1. The summed E-state index contributed by atoms with van der Waals surface area (Å²) in [5.41, 5.74) is 0.846. The van der Waals surface area contributed by atoms with Crippen molar-refractivity contribution in [1.82, 2.24) is 0 Å². The zero-order valence-electron chi connectivity index (χ0n) is 9.58. The Balaban J connectivity index is 1.83. The van der Waals surface area contributed by atoms with E-state index in [2.05, 4.69) is 0 Å². The molecule has 90 valence electrons. The molecule has 1 fully saturated rings. The van der Waals surface area contributed by atoms with E-state index in [0.29, 0.717) is 0 Å². The number of rotatable bonds is 2. The summed E-state index contributed by atoms with van der Waals surface area (Å²) in [6.45, 7) is 0. The lowest BCUT2D eigenvalue weighted by Crippen LogP contribution is -2.31. The van der Waals surface area contributed by atoms with Crippen LogP contribution in [0, 0.1) is 0 Å². The Kier molecular flexibility index (Phi) is 2.96. The van der Waals surface area contributed by atoms with Gasteiger partial charge in [0.25, 0.3) is 5.97 Å². The predicted molar refractivity (Wildman–Crippen MR) is 68.2 cm³/mol. The Morgan fingerprint density at radius 2 is 1.50 bits per heavy atom. The first-order chi connectivity index (χ1) is 8.84. The molecular formula is C14H11O3Si-. The van der Waals surface area contributed by atoms with Gasteiger partial charge in [-0.2, -0.15) is 0 Å². The molecule has 1 atom stereocenters. The second-order valence-corrected chi connectivity index (χ2v) is 5.58. The minimum Gasteiger partial charge on any atom is -0.634 e. The highest BCUT2D eigenvalue weighted by Crippen LogP contribution is 2.25. The summed E-state index contributed by atoms with van der Waals surface area (Å²) < 4.78 is 11.1. The van der Waals surface area contributed by atoms with Gasteiger partial charge in [-0.1, -0.05) is 60.7 Å². The van der Waals surface area contributed by atoms with Crippen molar-refractivity contribution >= 4 is 20.4 Å². The van der Waals surface area contributed by atoms with Crippen LogP contribution in [0.25, 0.3) is 0 Å². The fourth-order valence-corrected chi connectivity index (χ4v) is 3.36. The topological polar surface area (TPSA) is 35.5 Å². The van der Waals surface area contributed by atoms with Crippen LogP contribution in [0.2, 0.25) is 0 Å². The van der Waals surface area contributed by atoms with Crippen LogP contribution in [-0.4, -0.2) is 15.3 Å². The highest BCUT2D eigenvalue weighted by Gasteiger charge is 2.28. The normalized spacial score (nSPS) is 18.8. The first kappa shape index (κ1) is 11.2. The van der Waals surface area contributed by atoms with E-state index >= 15 is 0 Å². The van der Waals surface area contributed by atoms with Crippen LogP contribution in [0.5, 0.6) is 0 Å². The zero-order chi connectivity index (χ0) is 12.4. The average Bonchev–Trinajstić information content (AvgIpc) is 2.83. The summed E-state index contributed by atoms with van der Waals surface area (Å²) in [7, 11) is -1.68. The molecule has 0 aliphatic carbocycles. The van der Waals surface area contributed by atoms with E-state index in [1.54, 1.807) is 0 Å². The Morgan fingerprint density at radius 3 is 2.17 bits per heavy atom. The largest absolute Gasteiger partial charge is 0.634 e. The molecule has 1 saturated heterocycles. The van der Waals surface area contributed by atoms with Gasteiger partial charge in [-0.05, 0) is 5.56 Å². The lowest BCUT2D eigenvalue weighted by atomic mass is 10.1. The number of hydrogen-bond donors (Lipinski definition) is 0. The van der Waals surface area contributed by atoms with Crippen molar-refractivity contribution in [1.29, 1.82) is 0 Å². The summed E-state index contributed by atoms with van der Waals surface area (Å²) in [6, 6.07) is 19.1. The molecule has 1 heterocycles. The van der Waals surface area contributed by atoms with Gasteiger partial charge in [-0.3, -0.25) is 4.79 Å². The molecule has 0 bridgehead atoms. The van der Waals surface area contributed by atoms with Gasteiger partial charge in [0.05, 0.1) is 9.28 Å². The Bertz CT molecular complexity index is 541. The molecule has 2 aromatic rings. The minimum atomic E-state index is -1.68. The van der Waals surface area contributed by atoms with Gasteiger partial charge in [0.1, 0.15) is 6.10 Å². The van der Waals surface area contributed by atoms with Crippen molar-refractivity contribution in [2.75, 3.05) is 0 Å². The number of benzene rings is 2. The van der Waals surface area contributed by atoms with Gasteiger partial charge < -0.3 is 8.85 Å². The van der Waals surface area contributed by atoms with Crippen molar-refractivity contribution in [2.24, 2.45) is 0 Å². The van der Waals surface area contributed by atoms with Crippen molar-refractivity contribution in [2.45, 2.75) is 6.10 Å². The summed E-state index contributed by atoms with van der Waals surface area (Å²) in [4.78, 5) is 11.8. The number of carbonyl (C=O) groups excluding carboxylic acids is 1. The van der Waals surface area contributed by atoms with Gasteiger partial charge in [0, 0.05) is 0 Å². The highest BCUT2D eigenvalue weighted by atomic mass is 28.3. The summed E-state index contributed by atoms with van der Waals surface area (Å²) >= 11 is 0. The second kappa shape index (κ2) is 4.76. The summed E-state index contributed by atoms with van der Waals surface area (Å²) in [5.74, 6) is -0.293. The lowest BCUT2D eigenvalue weighted by molar-refractivity contribution is -0.136. The van der Waals surface area contributed by atoms with Gasteiger partial charge in [-0.25, -0.2) is 0 Å². The number of carbonyl (C=O) groups is 1. The van der Waals surface area contributed by atoms with Gasteiger partial charge in [0.15, 0.2) is 0 Å². The second-order valence-electron chi connectivity index (χ2n) is 3.98. The standard InChI is InChI=1S/C14H11O3Si/c15-14-13(11-7-3-1-4-8-11)16-18(17-14)12-9-5-2-6-10-12/h1-10,13H/q-1. The quantitative estimate of drug-likeness (QED) is 0.766. The molecule has 3 rings (SSSR count). The van der Waals surface area contributed by atoms with E-state index in [4.69, 9.17) is 8.85 Å². The molecule has 1 aliphatic heterocycles. The van der Waals surface area contributed by atoms with E-state index in [1.165, 1.54) is 0 Å². The van der Waals surface area contributed by atoms with E-state index in [9.17, 15) is 4.79 Å². The smallest absolute Gasteiger partial charge is 0.297 e. The van der Waals surface area contributed by atoms with E-state index in [1.807, 2.05) is 60.7 Å². The molecule has 0 N–H and O–H groups in total. The lowest BCUT2D eigenvalue weighted by Gasteiger charge is -2.22. The molecule has 1 unspecified atom stereocenters. The van der Waals surface area contributed by atoms with Gasteiger partial charge >= 0.3 is 0 Å². The summed E-state index contributed by atoms with van der Waals surface area (Å²) in [6.07, 6.45) is -0.583. The van der Waals surface area contributed by atoms with Crippen LogP contribution in [0.15, 0.2) is 60.7 Å². The Hall–Kier alpha value is -1.91. The maximum absolute atomic E-state index is 11.8. The van der Waals surface area contributed by atoms with Crippen LogP contribution in [0.1, 0.15) is 11.7 Å². The predicted octanol–water partition coefficient (Wildman–Crippen LogP) is 1.70. The van der Waals surface area contributed by atoms with Crippen LogP contribution < -0.4 is 5.19 Å². The van der Waals surface area contributed by atoms with Crippen molar-refractivity contribution in [3.05, 3.63) is 66.2 Å². The molecule has 0 spiro atoms. The molecule has 0 saturated carbocycles. The van der Waals surface area contributed by atoms with Crippen LogP contribution in [0.4, 0.5) is 0 Å². The number of hydrogen-bond acceptors (Lipinski definition) is 3. The maximum atomic E-state index is 11.8. The zero-order valence-corrected chi connectivity index (χ0v) is 10.6. The summed E-state index contributed by atoms with van der Waals surface area (Å²) in [5, 5.41) is 0.953. The average molecular weight is 255 g/mol. The highest BCUT2D eigenvalue weighted by molar-refractivity contribution is 6.64. The minimum absolute atomic E-state index is 0.293. The fraction of sp³-hybridized carbons (Fsp3) is 0.0714. The Labute approximate surface area is 107 Å². The monoisotopic (exact) mass is 255 g/mol. The van der Waals surface area contributed by atoms with E-state index in [0.717, 1.165) is 10.8 Å². The molecular weight excluding hydrogens is 244 g/mol. The van der Waals surface area contributed by atoms with Crippen molar-refractivity contribution < 1.29 is 13.6 Å². The van der Waals surface area contributed by atoms with E-state index < -0.39 is 15.4 Å².